The highest BCUT2D eigenvalue weighted by atomic mass is 16.5. The Morgan fingerprint density at radius 3 is 2.43 bits per heavy atom. The number of carbonyl (C=O) groups is 2. The average Bonchev–Trinajstić information content (AvgIpc) is 3.05. The number of aromatic nitrogens is 1. The number of methoxy groups -OCH3 is 1. The number of nitrogens with zero attached hydrogens (tertiary/aromatic N) is 1. The van der Waals surface area contributed by atoms with Crippen molar-refractivity contribution in [1.82, 2.24) is 9.88 Å². The molecule has 1 amide bonds. The maximum absolute atomic E-state index is 12.5. The summed E-state index contributed by atoms with van der Waals surface area (Å²) in [6, 6.07) is 19.3. The summed E-state index contributed by atoms with van der Waals surface area (Å²) in [4.78, 5) is 24.6. The standard InChI is InChI=1S/C24H26N2O4/c1-17-12-22(18(2)26(17)15-19-8-5-4-6-9-19)24(28)30-16-23(27)25-14-20-10-7-11-21(13-20)29-3/h4-13H,14-16H2,1-3H3,(H,25,27). The number of hydrogen-bond donors (Lipinski definition) is 1. The van der Waals surface area contributed by atoms with Crippen molar-refractivity contribution in [3.63, 3.8) is 0 Å². The lowest BCUT2D eigenvalue weighted by Gasteiger charge is -2.10. The third-order valence-electron chi connectivity index (χ3n) is 4.94. The van der Waals surface area contributed by atoms with Crippen LogP contribution >= 0.6 is 0 Å². The van der Waals surface area contributed by atoms with Crippen LogP contribution in [0.1, 0.15) is 32.9 Å². The maximum atomic E-state index is 12.5. The van der Waals surface area contributed by atoms with Gasteiger partial charge in [-0.05, 0) is 43.2 Å². The van der Waals surface area contributed by atoms with Crippen molar-refractivity contribution in [1.29, 1.82) is 0 Å². The molecule has 0 radical (unpaired) electrons. The summed E-state index contributed by atoms with van der Waals surface area (Å²) in [6.07, 6.45) is 0. The molecule has 1 heterocycles. The van der Waals surface area contributed by atoms with E-state index >= 15 is 0 Å². The molecule has 0 fully saturated rings. The van der Waals surface area contributed by atoms with Crippen LogP contribution in [0.2, 0.25) is 0 Å². The third-order valence-corrected chi connectivity index (χ3v) is 4.94. The molecule has 0 saturated heterocycles. The van der Waals surface area contributed by atoms with E-state index < -0.39 is 5.97 Å². The summed E-state index contributed by atoms with van der Waals surface area (Å²) in [5.74, 6) is -0.137. The Morgan fingerprint density at radius 1 is 0.967 bits per heavy atom. The number of esters is 1. The highest BCUT2D eigenvalue weighted by molar-refractivity contribution is 5.92. The van der Waals surface area contributed by atoms with E-state index in [-0.39, 0.29) is 12.5 Å². The first-order valence-electron chi connectivity index (χ1n) is 9.75. The van der Waals surface area contributed by atoms with Crippen molar-refractivity contribution < 1.29 is 19.1 Å². The van der Waals surface area contributed by atoms with Crippen LogP contribution in [0.5, 0.6) is 5.75 Å². The first-order chi connectivity index (χ1) is 14.5. The Kier molecular flexibility index (Phi) is 6.91. The molecular formula is C24H26N2O4. The SMILES string of the molecule is COc1cccc(CNC(=O)COC(=O)c2cc(C)n(Cc3ccccc3)c2C)c1. The predicted octanol–water partition coefficient (Wildman–Crippen LogP) is 3.64. The minimum atomic E-state index is -0.501. The molecule has 0 spiro atoms. The number of benzene rings is 2. The van der Waals surface area contributed by atoms with Gasteiger partial charge in [0.25, 0.3) is 5.91 Å². The van der Waals surface area contributed by atoms with E-state index in [1.54, 1.807) is 13.2 Å². The van der Waals surface area contributed by atoms with E-state index in [2.05, 4.69) is 9.88 Å². The largest absolute Gasteiger partial charge is 0.497 e. The lowest BCUT2D eigenvalue weighted by atomic mass is 10.2. The van der Waals surface area contributed by atoms with E-state index in [4.69, 9.17) is 9.47 Å². The molecule has 0 bridgehead atoms. The quantitative estimate of drug-likeness (QED) is 0.580. The van der Waals surface area contributed by atoms with Gasteiger partial charge in [-0.15, -0.1) is 0 Å². The zero-order valence-corrected chi connectivity index (χ0v) is 17.5. The third kappa shape index (κ3) is 5.29. The zero-order valence-electron chi connectivity index (χ0n) is 17.5. The molecular weight excluding hydrogens is 380 g/mol. The minimum absolute atomic E-state index is 0.328. The number of hydrogen-bond acceptors (Lipinski definition) is 4. The van der Waals surface area contributed by atoms with Gasteiger partial charge in [-0.25, -0.2) is 4.79 Å². The molecule has 156 valence electrons. The summed E-state index contributed by atoms with van der Waals surface area (Å²) >= 11 is 0. The lowest BCUT2D eigenvalue weighted by molar-refractivity contribution is -0.124. The normalized spacial score (nSPS) is 10.5. The molecule has 0 saturated carbocycles. The van der Waals surface area contributed by atoms with E-state index in [0.717, 1.165) is 28.3 Å². The lowest BCUT2D eigenvalue weighted by Crippen LogP contribution is -2.28. The van der Waals surface area contributed by atoms with Gasteiger partial charge in [-0.1, -0.05) is 42.5 Å². The van der Waals surface area contributed by atoms with Crippen molar-refractivity contribution in [3.05, 3.63) is 88.7 Å². The van der Waals surface area contributed by atoms with Crippen LogP contribution in [-0.4, -0.2) is 30.2 Å². The van der Waals surface area contributed by atoms with Crippen LogP contribution in [0, 0.1) is 13.8 Å². The van der Waals surface area contributed by atoms with Crippen LogP contribution in [0.4, 0.5) is 0 Å². The first kappa shape index (κ1) is 21.2. The van der Waals surface area contributed by atoms with E-state index in [1.807, 2.05) is 68.4 Å². The van der Waals surface area contributed by atoms with Crippen molar-refractivity contribution in [2.45, 2.75) is 26.9 Å². The monoisotopic (exact) mass is 406 g/mol. The first-order valence-corrected chi connectivity index (χ1v) is 9.75. The van der Waals surface area contributed by atoms with Gasteiger partial charge >= 0.3 is 5.97 Å². The molecule has 6 nitrogen and oxygen atoms in total. The fraction of sp³-hybridized carbons (Fsp3) is 0.250. The van der Waals surface area contributed by atoms with Crippen molar-refractivity contribution in [2.24, 2.45) is 0 Å². The van der Waals surface area contributed by atoms with Crippen LogP contribution < -0.4 is 10.1 Å². The summed E-state index contributed by atoms with van der Waals surface area (Å²) in [5.41, 5.74) is 4.31. The highest BCUT2D eigenvalue weighted by Crippen LogP contribution is 2.18. The second kappa shape index (κ2) is 9.78. The molecule has 0 aliphatic carbocycles. The average molecular weight is 406 g/mol. The summed E-state index contributed by atoms with van der Waals surface area (Å²) in [5, 5.41) is 2.74. The molecule has 0 atom stereocenters. The summed E-state index contributed by atoms with van der Waals surface area (Å²) < 4.78 is 12.5. The van der Waals surface area contributed by atoms with Gasteiger partial charge in [0.1, 0.15) is 5.75 Å². The van der Waals surface area contributed by atoms with Crippen molar-refractivity contribution in [2.75, 3.05) is 13.7 Å². The van der Waals surface area contributed by atoms with Crippen LogP contribution in [0.3, 0.4) is 0 Å². The fourth-order valence-corrected chi connectivity index (χ4v) is 3.26. The predicted molar refractivity (Wildman–Crippen MR) is 115 cm³/mol. The van der Waals surface area contributed by atoms with E-state index in [1.165, 1.54) is 0 Å². The number of aryl methyl sites for hydroxylation is 1. The Labute approximate surface area is 176 Å². The van der Waals surface area contributed by atoms with Crippen molar-refractivity contribution >= 4 is 11.9 Å². The molecule has 3 rings (SSSR count). The molecule has 0 unspecified atom stereocenters. The Balaban J connectivity index is 1.55. The molecule has 2 aromatic carbocycles. The van der Waals surface area contributed by atoms with Gasteiger partial charge in [-0.2, -0.15) is 0 Å². The molecule has 6 heteroatoms. The van der Waals surface area contributed by atoms with Crippen LogP contribution in [0.15, 0.2) is 60.7 Å². The van der Waals surface area contributed by atoms with Crippen molar-refractivity contribution in [3.8, 4) is 5.75 Å². The number of ether oxygens (including phenoxy) is 2. The van der Waals surface area contributed by atoms with Gasteiger partial charge in [-0.3, -0.25) is 4.79 Å². The Morgan fingerprint density at radius 2 is 1.70 bits per heavy atom. The smallest absolute Gasteiger partial charge is 0.340 e. The van der Waals surface area contributed by atoms with E-state index in [9.17, 15) is 9.59 Å². The maximum Gasteiger partial charge on any atom is 0.340 e. The minimum Gasteiger partial charge on any atom is -0.497 e. The number of nitrogens with one attached hydrogen (secondary N) is 1. The number of rotatable bonds is 8. The summed E-state index contributed by atoms with van der Waals surface area (Å²) in [6.45, 7) is 4.51. The van der Waals surface area contributed by atoms with Crippen LogP contribution in [-0.2, 0) is 22.6 Å². The van der Waals surface area contributed by atoms with Gasteiger partial charge in [0.2, 0.25) is 0 Å². The molecule has 1 N–H and O–H groups in total. The molecule has 3 aromatic rings. The Hall–Kier alpha value is -3.54. The fourth-order valence-electron chi connectivity index (χ4n) is 3.26. The Bertz CT molecular complexity index is 1020. The zero-order chi connectivity index (χ0) is 21.5. The van der Waals surface area contributed by atoms with Gasteiger partial charge in [0.05, 0.1) is 12.7 Å². The second-order valence-electron chi connectivity index (χ2n) is 7.06. The van der Waals surface area contributed by atoms with Gasteiger partial charge in [0.15, 0.2) is 6.61 Å². The van der Waals surface area contributed by atoms with Crippen LogP contribution in [0.25, 0.3) is 0 Å². The number of carbonyl (C=O) groups excluding carboxylic acids is 2. The van der Waals surface area contributed by atoms with Gasteiger partial charge in [0, 0.05) is 24.5 Å². The highest BCUT2D eigenvalue weighted by Gasteiger charge is 2.18. The molecule has 0 aliphatic rings. The molecule has 0 aliphatic heterocycles. The molecule has 1 aromatic heterocycles. The second-order valence-corrected chi connectivity index (χ2v) is 7.06. The number of amides is 1. The molecule has 30 heavy (non-hydrogen) atoms. The summed E-state index contributed by atoms with van der Waals surface area (Å²) in [7, 11) is 1.59. The van der Waals surface area contributed by atoms with E-state index in [0.29, 0.717) is 18.7 Å². The topological polar surface area (TPSA) is 69.6 Å². The van der Waals surface area contributed by atoms with Gasteiger partial charge < -0.3 is 19.4 Å².